The number of aromatic nitrogens is 2. The first-order valence-corrected chi connectivity index (χ1v) is 9.54. The zero-order chi connectivity index (χ0) is 19.6. The number of hydrogen-bond donors (Lipinski definition) is 1. The van der Waals surface area contributed by atoms with Crippen molar-refractivity contribution >= 4 is 29.0 Å². The van der Waals surface area contributed by atoms with E-state index >= 15 is 0 Å². The number of piperazine rings is 1. The molecule has 3 rings (SSSR count). The van der Waals surface area contributed by atoms with Crippen LogP contribution >= 0.6 is 11.3 Å². The van der Waals surface area contributed by atoms with Crippen LogP contribution in [0.4, 0.5) is 10.5 Å². The van der Waals surface area contributed by atoms with Crippen molar-refractivity contribution in [2.24, 2.45) is 5.73 Å². The lowest BCUT2D eigenvalue weighted by molar-refractivity contribution is 0.0240. The zero-order valence-electron chi connectivity index (χ0n) is 15.6. The molecule has 0 bridgehead atoms. The van der Waals surface area contributed by atoms with Crippen LogP contribution in [0.15, 0.2) is 23.8 Å². The number of nitrogens with zero attached hydrogens (tertiary/aromatic N) is 4. The summed E-state index contributed by atoms with van der Waals surface area (Å²) in [6, 6.07) is 1.70. The molecule has 2 amide bonds. The highest BCUT2D eigenvalue weighted by molar-refractivity contribution is 7.13. The Bertz CT molecular complexity index is 820. The maximum atomic E-state index is 12.1. The monoisotopic (exact) mass is 389 g/mol. The van der Waals surface area contributed by atoms with Crippen LogP contribution in [0.2, 0.25) is 0 Å². The van der Waals surface area contributed by atoms with E-state index in [1.165, 1.54) is 11.3 Å². The minimum absolute atomic E-state index is 0.281. The average Bonchev–Trinajstić information content (AvgIpc) is 3.11. The van der Waals surface area contributed by atoms with Crippen molar-refractivity contribution in [3.8, 4) is 10.7 Å². The van der Waals surface area contributed by atoms with Gasteiger partial charge in [0.2, 0.25) is 5.91 Å². The largest absolute Gasteiger partial charge is 0.444 e. The van der Waals surface area contributed by atoms with Gasteiger partial charge in [-0.25, -0.2) is 14.8 Å². The standard InChI is InChI=1S/C18H23N5O3S/c1-18(2,3)26-17(25)23-6-4-22(5-7-23)13-9-20-16(21-10-13)14-8-12(11-27-14)15(19)24/h8-11H,4-7H2,1-3H3,(H2,19,24). The molecule has 27 heavy (non-hydrogen) atoms. The topological polar surface area (TPSA) is 102 Å². The first-order chi connectivity index (χ1) is 12.7. The maximum absolute atomic E-state index is 12.1. The van der Waals surface area contributed by atoms with Gasteiger partial charge in [0.25, 0.3) is 0 Å². The van der Waals surface area contributed by atoms with Gasteiger partial charge in [-0.05, 0) is 26.8 Å². The number of carbonyl (C=O) groups excluding carboxylic acids is 2. The molecule has 144 valence electrons. The first-order valence-electron chi connectivity index (χ1n) is 8.66. The van der Waals surface area contributed by atoms with Gasteiger partial charge < -0.3 is 20.3 Å². The number of hydrogen-bond acceptors (Lipinski definition) is 7. The van der Waals surface area contributed by atoms with Crippen LogP contribution in [0, 0.1) is 0 Å². The average molecular weight is 389 g/mol. The predicted molar refractivity (Wildman–Crippen MR) is 104 cm³/mol. The van der Waals surface area contributed by atoms with E-state index in [1.807, 2.05) is 20.8 Å². The van der Waals surface area contributed by atoms with Crippen molar-refractivity contribution in [3.05, 3.63) is 29.4 Å². The van der Waals surface area contributed by atoms with E-state index in [9.17, 15) is 9.59 Å². The maximum Gasteiger partial charge on any atom is 0.410 e. The summed E-state index contributed by atoms with van der Waals surface area (Å²) < 4.78 is 5.41. The predicted octanol–water partition coefficient (Wildman–Crippen LogP) is 2.36. The molecule has 1 aliphatic heterocycles. The van der Waals surface area contributed by atoms with Crippen molar-refractivity contribution in [1.29, 1.82) is 0 Å². The third-order valence-electron chi connectivity index (χ3n) is 4.04. The van der Waals surface area contributed by atoms with Crippen molar-refractivity contribution in [2.75, 3.05) is 31.1 Å². The molecule has 0 saturated carbocycles. The van der Waals surface area contributed by atoms with Gasteiger partial charge in [0.15, 0.2) is 5.82 Å². The minimum Gasteiger partial charge on any atom is -0.444 e. The van der Waals surface area contributed by atoms with Crippen LogP contribution in [0.1, 0.15) is 31.1 Å². The number of ether oxygens (including phenoxy) is 1. The summed E-state index contributed by atoms with van der Waals surface area (Å²) in [6.45, 7) is 8.13. The molecule has 0 aromatic carbocycles. The smallest absolute Gasteiger partial charge is 0.410 e. The number of primary amides is 1. The van der Waals surface area contributed by atoms with Crippen LogP contribution in [-0.4, -0.2) is 58.6 Å². The number of anilines is 1. The Morgan fingerprint density at radius 1 is 1.15 bits per heavy atom. The van der Waals surface area contributed by atoms with Gasteiger partial charge in [-0.2, -0.15) is 0 Å². The Morgan fingerprint density at radius 2 is 1.78 bits per heavy atom. The zero-order valence-corrected chi connectivity index (χ0v) is 16.5. The Kier molecular flexibility index (Phi) is 5.31. The molecule has 0 aliphatic carbocycles. The summed E-state index contributed by atoms with van der Waals surface area (Å²) in [5.74, 6) is 0.0978. The third kappa shape index (κ3) is 4.73. The second-order valence-electron chi connectivity index (χ2n) is 7.28. The van der Waals surface area contributed by atoms with E-state index in [-0.39, 0.29) is 6.09 Å². The minimum atomic E-state index is -0.492. The van der Waals surface area contributed by atoms with Crippen LogP contribution in [0.5, 0.6) is 0 Å². The molecule has 1 saturated heterocycles. The molecule has 1 aliphatic rings. The van der Waals surface area contributed by atoms with E-state index in [0.29, 0.717) is 37.6 Å². The fourth-order valence-corrected chi connectivity index (χ4v) is 3.51. The van der Waals surface area contributed by atoms with Crippen molar-refractivity contribution < 1.29 is 14.3 Å². The lowest BCUT2D eigenvalue weighted by Gasteiger charge is -2.36. The number of amides is 2. The number of thiophene rings is 1. The molecule has 1 fully saturated rings. The SMILES string of the molecule is CC(C)(C)OC(=O)N1CCN(c2cnc(-c3cc(C(N)=O)cs3)nc2)CC1. The highest BCUT2D eigenvalue weighted by Crippen LogP contribution is 2.25. The number of nitrogens with two attached hydrogens (primary N) is 1. The van der Waals surface area contributed by atoms with Crippen LogP contribution in [0.25, 0.3) is 10.7 Å². The van der Waals surface area contributed by atoms with Crippen LogP contribution in [0.3, 0.4) is 0 Å². The first kappa shape index (κ1) is 19.1. The van der Waals surface area contributed by atoms with Gasteiger partial charge in [0, 0.05) is 31.6 Å². The van der Waals surface area contributed by atoms with E-state index in [4.69, 9.17) is 10.5 Å². The second kappa shape index (κ2) is 7.51. The molecule has 3 heterocycles. The number of carbonyl (C=O) groups is 2. The molecule has 0 spiro atoms. The molecule has 9 heteroatoms. The Balaban J connectivity index is 1.60. The lowest BCUT2D eigenvalue weighted by Crippen LogP contribution is -2.50. The van der Waals surface area contributed by atoms with Gasteiger partial charge >= 0.3 is 6.09 Å². The highest BCUT2D eigenvalue weighted by atomic mass is 32.1. The number of rotatable bonds is 3. The Morgan fingerprint density at radius 3 is 2.30 bits per heavy atom. The molecule has 2 aromatic rings. The summed E-state index contributed by atoms with van der Waals surface area (Å²) in [5, 5.41) is 1.70. The Labute approximate surface area is 162 Å². The fraction of sp³-hybridized carbons (Fsp3) is 0.444. The fourth-order valence-electron chi connectivity index (χ4n) is 2.67. The van der Waals surface area contributed by atoms with Crippen LogP contribution in [-0.2, 0) is 4.74 Å². The molecular weight excluding hydrogens is 366 g/mol. The van der Waals surface area contributed by atoms with Crippen molar-refractivity contribution in [3.63, 3.8) is 0 Å². The summed E-state index contributed by atoms with van der Waals surface area (Å²) in [6.07, 6.45) is 3.24. The summed E-state index contributed by atoms with van der Waals surface area (Å²) in [7, 11) is 0. The van der Waals surface area contributed by atoms with E-state index < -0.39 is 11.5 Å². The van der Waals surface area contributed by atoms with Crippen molar-refractivity contribution in [2.45, 2.75) is 26.4 Å². The van der Waals surface area contributed by atoms with Gasteiger partial charge in [0.1, 0.15) is 5.60 Å². The van der Waals surface area contributed by atoms with E-state index in [2.05, 4.69) is 14.9 Å². The molecular formula is C18H23N5O3S. The second-order valence-corrected chi connectivity index (χ2v) is 8.19. The molecule has 2 aromatic heterocycles. The molecule has 0 radical (unpaired) electrons. The molecule has 0 unspecified atom stereocenters. The van der Waals surface area contributed by atoms with Gasteiger partial charge in [-0.1, -0.05) is 0 Å². The molecule has 2 N–H and O–H groups in total. The van der Waals surface area contributed by atoms with Gasteiger partial charge in [-0.3, -0.25) is 4.79 Å². The summed E-state index contributed by atoms with van der Waals surface area (Å²) in [5.41, 5.74) is 6.14. The van der Waals surface area contributed by atoms with E-state index in [1.54, 1.807) is 28.7 Å². The molecule has 8 nitrogen and oxygen atoms in total. The quantitative estimate of drug-likeness (QED) is 0.865. The summed E-state index contributed by atoms with van der Waals surface area (Å²) >= 11 is 1.38. The highest BCUT2D eigenvalue weighted by Gasteiger charge is 2.26. The molecule has 0 atom stereocenters. The normalized spacial score (nSPS) is 14.9. The Hall–Kier alpha value is -2.68. The van der Waals surface area contributed by atoms with Gasteiger partial charge in [-0.15, -0.1) is 11.3 Å². The van der Waals surface area contributed by atoms with E-state index in [0.717, 1.165) is 10.6 Å². The lowest BCUT2D eigenvalue weighted by atomic mass is 10.2. The van der Waals surface area contributed by atoms with Crippen LogP contribution < -0.4 is 10.6 Å². The van der Waals surface area contributed by atoms with Crippen molar-refractivity contribution in [1.82, 2.24) is 14.9 Å². The van der Waals surface area contributed by atoms with Gasteiger partial charge in [0.05, 0.1) is 28.5 Å². The summed E-state index contributed by atoms with van der Waals surface area (Å²) in [4.78, 5) is 36.8. The third-order valence-corrected chi connectivity index (χ3v) is 4.97.